The first-order valence-electron chi connectivity index (χ1n) is 9.43. The number of hydrazone groups is 1. The molecule has 0 fully saturated rings. The van der Waals surface area contributed by atoms with E-state index in [2.05, 4.69) is 35.8 Å². The minimum atomic E-state index is -0.817. The highest BCUT2D eigenvalue weighted by molar-refractivity contribution is 7.98. The van der Waals surface area contributed by atoms with Crippen molar-refractivity contribution in [1.82, 2.24) is 30.7 Å². The van der Waals surface area contributed by atoms with Crippen molar-refractivity contribution in [3.63, 3.8) is 0 Å². The smallest absolute Gasteiger partial charge is 0.293 e. The van der Waals surface area contributed by atoms with Crippen LogP contribution >= 0.6 is 11.8 Å². The first kappa shape index (κ1) is 22.1. The first-order valence-corrected chi connectivity index (χ1v) is 10.4. The number of nitrogens with one attached hydrogen (secondary N) is 1. The van der Waals surface area contributed by atoms with Gasteiger partial charge in [-0.25, -0.2) is 18.8 Å². The molecule has 0 aliphatic rings. The Morgan fingerprint density at radius 3 is 2.73 bits per heavy atom. The Hall–Kier alpha value is -4.13. The zero-order valence-electron chi connectivity index (χ0n) is 17.1. The molecule has 2 aromatic carbocycles. The summed E-state index contributed by atoms with van der Waals surface area (Å²) in [6.07, 6.45) is 1.05. The molecule has 2 heterocycles. The lowest BCUT2D eigenvalue weighted by molar-refractivity contribution is 0.0949. The minimum absolute atomic E-state index is 0.00282. The number of nitrogen functional groups attached to an aromatic ring is 1. The Bertz CT molecular complexity index is 1320. The van der Waals surface area contributed by atoms with Gasteiger partial charge in [0.1, 0.15) is 11.6 Å². The Morgan fingerprint density at radius 1 is 1.24 bits per heavy atom. The van der Waals surface area contributed by atoms with Gasteiger partial charge in [-0.1, -0.05) is 22.9 Å². The molecule has 0 radical (unpaired) electrons. The van der Waals surface area contributed by atoms with Crippen molar-refractivity contribution in [2.75, 3.05) is 5.73 Å². The van der Waals surface area contributed by atoms with E-state index in [1.54, 1.807) is 0 Å². The lowest BCUT2D eigenvalue weighted by Gasteiger charge is -2.06. The number of nitrogens with zero attached hydrogens (tertiary/aromatic N) is 6. The molecular weight excluding hydrogens is 454 g/mol. The second kappa shape index (κ2) is 9.56. The number of nitrogens with two attached hydrogens (primary N) is 1. The molecule has 0 saturated carbocycles. The van der Waals surface area contributed by atoms with Crippen molar-refractivity contribution in [1.29, 1.82) is 0 Å². The fraction of sp³-hybridized carbons (Fsp3) is 0.100. The van der Waals surface area contributed by atoms with Gasteiger partial charge in [-0.15, -0.1) is 16.9 Å². The molecule has 3 N–H and O–H groups in total. The second-order valence-corrected chi connectivity index (χ2v) is 7.79. The van der Waals surface area contributed by atoms with Gasteiger partial charge in [0.05, 0.1) is 11.9 Å². The van der Waals surface area contributed by atoms with Crippen LogP contribution in [0, 0.1) is 18.6 Å². The lowest BCUT2D eigenvalue weighted by atomic mass is 10.2. The van der Waals surface area contributed by atoms with E-state index in [9.17, 15) is 13.6 Å². The summed E-state index contributed by atoms with van der Waals surface area (Å²) in [6, 6.07) is 10.8. The van der Waals surface area contributed by atoms with Crippen molar-refractivity contribution < 1.29 is 18.2 Å². The van der Waals surface area contributed by atoms with Crippen LogP contribution in [0.3, 0.4) is 0 Å². The van der Waals surface area contributed by atoms with Gasteiger partial charge in [-0.05, 0) is 41.5 Å². The van der Waals surface area contributed by atoms with E-state index >= 15 is 0 Å². The summed E-state index contributed by atoms with van der Waals surface area (Å²) in [5.41, 5.74) is 9.46. The van der Waals surface area contributed by atoms with E-state index in [-0.39, 0.29) is 28.6 Å². The summed E-state index contributed by atoms with van der Waals surface area (Å²) in [7, 11) is 0. The number of halogens is 2. The maximum Gasteiger partial charge on any atom is 0.293 e. The van der Waals surface area contributed by atoms with Crippen molar-refractivity contribution >= 4 is 29.7 Å². The summed E-state index contributed by atoms with van der Waals surface area (Å²) >= 11 is 1.44. The molecule has 1 amide bonds. The third-order valence-electron chi connectivity index (χ3n) is 4.40. The van der Waals surface area contributed by atoms with Gasteiger partial charge < -0.3 is 5.73 Å². The number of carbonyl (C=O) groups is 1. The summed E-state index contributed by atoms with van der Waals surface area (Å²) < 4.78 is 32.7. The SMILES string of the molecule is Cc1ccc(SCc2c(C(=O)N/N=C\c3ccc(F)cc3F)nnn2-c2nonc2N)cc1. The molecule has 0 aliphatic heterocycles. The summed E-state index contributed by atoms with van der Waals surface area (Å²) in [6.45, 7) is 1.98. The van der Waals surface area contributed by atoms with E-state index in [1.807, 2.05) is 31.2 Å². The highest BCUT2D eigenvalue weighted by atomic mass is 32.2. The summed E-state index contributed by atoms with van der Waals surface area (Å²) in [5, 5.41) is 18.8. The van der Waals surface area contributed by atoms with E-state index in [4.69, 9.17) is 5.73 Å². The standard InChI is InChI=1S/C20H16F2N8O2S/c1-11-2-6-14(7-3-11)33-10-16-17(25-29-30(16)19-18(23)27-32-28-19)20(31)26-24-9-12-4-5-13(21)8-15(12)22/h2-9H,10H2,1H3,(H2,23,27)(H,26,31)/b24-9-. The van der Waals surface area contributed by atoms with Gasteiger partial charge in [-0.3, -0.25) is 4.79 Å². The highest BCUT2D eigenvalue weighted by Crippen LogP contribution is 2.26. The molecule has 10 nitrogen and oxygen atoms in total. The maximum atomic E-state index is 13.7. The Labute approximate surface area is 189 Å². The van der Waals surface area contributed by atoms with Crippen molar-refractivity contribution in [3.8, 4) is 5.82 Å². The molecule has 4 aromatic rings. The third-order valence-corrected chi connectivity index (χ3v) is 5.43. The number of amides is 1. The van der Waals surface area contributed by atoms with E-state index in [0.717, 1.165) is 22.7 Å². The number of carbonyl (C=O) groups excluding carboxylic acids is 1. The van der Waals surface area contributed by atoms with Crippen LogP contribution in [0.1, 0.15) is 27.3 Å². The van der Waals surface area contributed by atoms with Crippen LogP contribution in [-0.2, 0) is 5.75 Å². The molecule has 0 atom stereocenters. The monoisotopic (exact) mass is 470 g/mol. The van der Waals surface area contributed by atoms with Crippen LogP contribution in [0.2, 0.25) is 0 Å². The summed E-state index contributed by atoms with van der Waals surface area (Å²) in [4.78, 5) is 13.7. The first-order chi connectivity index (χ1) is 15.9. The van der Waals surface area contributed by atoms with Gasteiger partial charge >= 0.3 is 0 Å². The molecule has 168 valence electrons. The third kappa shape index (κ3) is 5.03. The number of hydrogen-bond donors (Lipinski definition) is 2. The highest BCUT2D eigenvalue weighted by Gasteiger charge is 2.24. The fourth-order valence-corrected chi connectivity index (χ4v) is 3.61. The lowest BCUT2D eigenvalue weighted by Crippen LogP contribution is -2.20. The quantitative estimate of drug-likeness (QED) is 0.239. The second-order valence-electron chi connectivity index (χ2n) is 6.74. The summed E-state index contributed by atoms with van der Waals surface area (Å²) in [5.74, 6) is -1.90. The molecule has 4 rings (SSSR count). The largest absolute Gasteiger partial charge is 0.378 e. The van der Waals surface area contributed by atoms with Crippen LogP contribution < -0.4 is 11.2 Å². The zero-order valence-corrected chi connectivity index (χ0v) is 17.9. The molecule has 0 unspecified atom stereocenters. The van der Waals surface area contributed by atoms with Gasteiger partial charge in [0.25, 0.3) is 5.91 Å². The van der Waals surface area contributed by atoms with Crippen LogP contribution in [0.25, 0.3) is 5.82 Å². The topological polar surface area (TPSA) is 137 Å². The van der Waals surface area contributed by atoms with Gasteiger partial charge in [0.2, 0.25) is 11.6 Å². The molecule has 0 saturated heterocycles. The van der Waals surface area contributed by atoms with Crippen LogP contribution in [0.5, 0.6) is 0 Å². The Kier molecular flexibility index (Phi) is 6.40. The molecule has 0 aliphatic carbocycles. The number of benzene rings is 2. The number of hydrogen-bond acceptors (Lipinski definition) is 9. The van der Waals surface area contributed by atoms with Crippen LogP contribution in [0.4, 0.5) is 14.6 Å². The molecule has 13 heteroatoms. The van der Waals surface area contributed by atoms with Crippen molar-refractivity contribution in [2.45, 2.75) is 17.6 Å². The van der Waals surface area contributed by atoms with E-state index in [1.165, 1.54) is 22.5 Å². The fourth-order valence-electron chi connectivity index (χ4n) is 2.72. The van der Waals surface area contributed by atoms with Crippen molar-refractivity contribution in [3.05, 3.63) is 76.6 Å². The van der Waals surface area contributed by atoms with Crippen LogP contribution in [-0.4, -0.2) is 37.4 Å². The normalized spacial score (nSPS) is 11.2. The molecular formula is C20H16F2N8O2S. The Balaban J connectivity index is 1.57. The number of anilines is 1. The van der Waals surface area contributed by atoms with Gasteiger partial charge in [0, 0.05) is 22.3 Å². The molecule has 33 heavy (non-hydrogen) atoms. The predicted octanol–water partition coefficient (Wildman–Crippen LogP) is 2.88. The number of rotatable bonds is 7. The zero-order chi connectivity index (χ0) is 23.4. The van der Waals surface area contributed by atoms with E-state index in [0.29, 0.717) is 11.8 Å². The molecule has 0 bridgehead atoms. The van der Waals surface area contributed by atoms with Crippen LogP contribution in [0.15, 0.2) is 57.1 Å². The predicted molar refractivity (Wildman–Crippen MR) is 116 cm³/mol. The maximum absolute atomic E-state index is 13.7. The average Bonchev–Trinajstić information content (AvgIpc) is 3.40. The minimum Gasteiger partial charge on any atom is -0.378 e. The van der Waals surface area contributed by atoms with Gasteiger partial charge in [-0.2, -0.15) is 9.78 Å². The Morgan fingerprint density at radius 2 is 2.03 bits per heavy atom. The average molecular weight is 470 g/mol. The van der Waals surface area contributed by atoms with E-state index < -0.39 is 17.5 Å². The molecule has 2 aromatic heterocycles. The van der Waals surface area contributed by atoms with Crippen molar-refractivity contribution in [2.24, 2.45) is 5.10 Å². The number of aromatic nitrogens is 5. The molecule has 0 spiro atoms. The number of thioether (sulfide) groups is 1. The number of aryl methyl sites for hydroxylation is 1. The van der Waals surface area contributed by atoms with Gasteiger partial charge in [0.15, 0.2) is 5.69 Å².